The van der Waals surface area contributed by atoms with Gasteiger partial charge in [-0.2, -0.15) is 0 Å². The highest BCUT2D eigenvalue weighted by atomic mass is 35.5. The molecule has 0 unspecified atom stereocenters. The van der Waals surface area contributed by atoms with Gasteiger partial charge in [-0.15, -0.1) is 0 Å². The number of halogens is 1. The molecule has 1 N–H and O–H groups in total. The highest BCUT2D eigenvalue weighted by Gasteiger charge is 2.17. The first-order valence-corrected chi connectivity index (χ1v) is 10.3. The Hall–Kier alpha value is -3.25. The van der Waals surface area contributed by atoms with Gasteiger partial charge in [-0.05, 0) is 55.8 Å². The summed E-state index contributed by atoms with van der Waals surface area (Å²) in [7, 11) is 0. The van der Waals surface area contributed by atoms with Crippen molar-refractivity contribution in [3.63, 3.8) is 0 Å². The van der Waals surface area contributed by atoms with E-state index in [1.807, 2.05) is 73.0 Å². The molecule has 4 rings (SSSR count). The lowest BCUT2D eigenvalue weighted by atomic mass is 10.1. The molecule has 0 bridgehead atoms. The van der Waals surface area contributed by atoms with E-state index < -0.39 is 0 Å². The Labute approximate surface area is 180 Å². The Balaban J connectivity index is 1.74. The van der Waals surface area contributed by atoms with Crippen LogP contribution in [0.25, 0.3) is 17.0 Å². The van der Waals surface area contributed by atoms with Crippen LogP contribution in [0.15, 0.2) is 60.9 Å². The van der Waals surface area contributed by atoms with Crippen LogP contribution in [0.2, 0.25) is 5.02 Å². The van der Waals surface area contributed by atoms with Crippen molar-refractivity contribution in [2.24, 2.45) is 0 Å². The Morgan fingerprint density at radius 3 is 2.53 bits per heavy atom. The van der Waals surface area contributed by atoms with Crippen LogP contribution in [-0.2, 0) is 6.54 Å². The van der Waals surface area contributed by atoms with Gasteiger partial charge in [-0.3, -0.25) is 4.40 Å². The molecular formula is C23H23ClN4O2. The third-order valence-corrected chi connectivity index (χ3v) is 4.85. The number of benzene rings is 2. The van der Waals surface area contributed by atoms with Gasteiger partial charge < -0.3 is 14.8 Å². The fraction of sp³-hybridized carbons (Fsp3) is 0.217. The van der Waals surface area contributed by atoms with E-state index in [1.165, 1.54) is 0 Å². The average Bonchev–Trinajstić information content (AvgIpc) is 3.13. The molecule has 0 atom stereocenters. The van der Waals surface area contributed by atoms with Crippen molar-refractivity contribution in [2.45, 2.75) is 20.4 Å². The molecule has 0 aliphatic carbocycles. The summed E-state index contributed by atoms with van der Waals surface area (Å²) in [5, 5.41) is 4.23. The van der Waals surface area contributed by atoms with Gasteiger partial charge in [0.15, 0.2) is 11.5 Å². The van der Waals surface area contributed by atoms with Crippen molar-refractivity contribution in [3.05, 3.63) is 71.5 Å². The fourth-order valence-electron chi connectivity index (χ4n) is 3.24. The van der Waals surface area contributed by atoms with Crippen molar-refractivity contribution < 1.29 is 9.47 Å². The number of hydrogen-bond donors (Lipinski definition) is 1. The normalized spacial score (nSPS) is 10.9. The number of anilines is 1. The standard InChI is InChI=1S/C23H23ClN4O2/c1-3-29-19-11-8-17(14-20(19)30-4-2)21-22(28-13-5-12-25-23(28)27-21)26-15-16-6-9-18(24)10-7-16/h5-14,26H,3-4,15H2,1-2H3. The third kappa shape index (κ3) is 4.19. The van der Waals surface area contributed by atoms with Gasteiger partial charge in [-0.25, -0.2) is 9.97 Å². The summed E-state index contributed by atoms with van der Waals surface area (Å²) < 4.78 is 13.4. The van der Waals surface area contributed by atoms with E-state index in [-0.39, 0.29) is 0 Å². The summed E-state index contributed by atoms with van der Waals surface area (Å²) in [6, 6.07) is 15.5. The van der Waals surface area contributed by atoms with Crippen LogP contribution < -0.4 is 14.8 Å². The maximum absolute atomic E-state index is 6.01. The lowest BCUT2D eigenvalue weighted by Gasteiger charge is -2.13. The SMILES string of the molecule is CCOc1ccc(-c2nc3ncccn3c2NCc2ccc(Cl)cc2)cc1OCC. The minimum absolute atomic E-state index is 0.553. The van der Waals surface area contributed by atoms with Gasteiger partial charge in [0.1, 0.15) is 11.5 Å². The molecule has 0 saturated heterocycles. The largest absolute Gasteiger partial charge is 0.490 e. The first-order valence-electron chi connectivity index (χ1n) is 9.91. The van der Waals surface area contributed by atoms with Crippen molar-refractivity contribution in [1.29, 1.82) is 0 Å². The number of fused-ring (bicyclic) bond motifs is 1. The summed E-state index contributed by atoms with van der Waals surface area (Å²) in [6.07, 6.45) is 3.68. The molecule has 154 valence electrons. The first-order chi connectivity index (χ1) is 14.7. The van der Waals surface area contributed by atoms with Crippen molar-refractivity contribution in [2.75, 3.05) is 18.5 Å². The molecule has 4 aromatic rings. The third-order valence-electron chi connectivity index (χ3n) is 4.59. The molecule has 0 aliphatic rings. The molecular weight excluding hydrogens is 400 g/mol. The zero-order chi connectivity index (χ0) is 20.9. The van der Waals surface area contributed by atoms with E-state index in [0.717, 1.165) is 33.4 Å². The Kier molecular flexibility index (Phi) is 6.05. The molecule has 2 heterocycles. The van der Waals surface area contributed by atoms with Crippen LogP contribution in [0.5, 0.6) is 11.5 Å². The Morgan fingerprint density at radius 1 is 1.00 bits per heavy atom. The van der Waals surface area contributed by atoms with E-state index >= 15 is 0 Å². The summed E-state index contributed by atoms with van der Waals surface area (Å²) in [5.41, 5.74) is 2.84. The Morgan fingerprint density at radius 2 is 1.77 bits per heavy atom. The van der Waals surface area contributed by atoms with Crippen LogP contribution in [-0.4, -0.2) is 27.6 Å². The summed E-state index contributed by atoms with van der Waals surface area (Å²) in [4.78, 5) is 9.16. The van der Waals surface area contributed by atoms with E-state index in [1.54, 1.807) is 6.20 Å². The maximum Gasteiger partial charge on any atom is 0.235 e. The lowest BCUT2D eigenvalue weighted by molar-refractivity contribution is 0.288. The first kappa shape index (κ1) is 20.0. The average molecular weight is 423 g/mol. The summed E-state index contributed by atoms with van der Waals surface area (Å²) in [5.74, 6) is 2.91. The monoisotopic (exact) mass is 422 g/mol. The molecule has 30 heavy (non-hydrogen) atoms. The topological polar surface area (TPSA) is 60.7 Å². The molecule has 0 spiro atoms. The van der Waals surface area contributed by atoms with Crippen LogP contribution >= 0.6 is 11.6 Å². The number of hydrogen-bond acceptors (Lipinski definition) is 5. The highest BCUT2D eigenvalue weighted by molar-refractivity contribution is 6.30. The van der Waals surface area contributed by atoms with Gasteiger partial charge in [0.2, 0.25) is 5.78 Å². The molecule has 0 aliphatic heterocycles. The second-order valence-corrected chi connectivity index (χ2v) is 7.04. The van der Waals surface area contributed by atoms with E-state index in [4.69, 9.17) is 26.1 Å². The summed E-state index contributed by atoms with van der Waals surface area (Å²) in [6.45, 7) is 5.66. The van der Waals surface area contributed by atoms with Gasteiger partial charge in [0.05, 0.1) is 13.2 Å². The van der Waals surface area contributed by atoms with Gasteiger partial charge in [-0.1, -0.05) is 23.7 Å². The van der Waals surface area contributed by atoms with E-state index in [9.17, 15) is 0 Å². The van der Waals surface area contributed by atoms with Crippen molar-refractivity contribution in [1.82, 2.24) is 14.4 Å². The van der Waals surface area contributed by atoms with Crippen LogP contribution in [0.3, 0.4) is 0 Å². The fourth-order valence-corrected chi connectivity index (χ4v) is 3.37. The minimum Gasteiger partial charge on any atom is -0.490 e. The Bertz CT molecular complexity index is 1140. The maximum atomic E-state index is 6.01. The molecule has 2 aromatic carbocycles. The van der Waals surface area contributed by atoms with Crippen molar-refractivity contribution >= 4 is 23.2 Å². The zero-order valence-corrected chi connectivity index (χ0v) is 17.7. The second-order valence-electron chi connectivity index (χ2n) is 6.61. The minimum atomic E-state index is 0.553. The molecule has 6 nitrogen and oxygen atoms in total. The number of nitrogens with zero attached hydrogens (tertiary/aromatic N) is 3. The molecule has 7 heteroatoms. The smallest absolute Gasteiger partial charge is 0.235 e. The van der Waals surface area contributed by atoms with Crippen molar-refractivity contribution in [3.8, 4) is 22.8 Å². The van der Waals surface area contributed by atoms with Gasteiger partial charge >= 0.3 is 0 Å². The lowest BCUT2D eigenvalue weighted by Crippen LogP contribution is -2.04. The molecule has 0 amide bonds. The van der Waals surface area contributed by atoms with E-state index in [0.29, 0.717) is 31.3 Å². The second kappa shape index (κ2) is 9.05. The molecule has 2 aromatic heterocycles. The predicted octanol–water partition coefficient (Wildman–Crippen LogP) is 5.46. The predicted molar refractivity (Wildman–Crippen MR) is 120 cm³/mol. The molecule has 0 fully saturated rings. The molecule has 0 radical (unpaired) electrons. The number of imidazole rings is 1. The van der Waals surface area contributed by atoms with Crippen LogP contribution in [0.1, 0.15) is 19.4 Å². The van der Waals surface area contributed by atoms with Gasteiger partial charge in [0.25, 0.3) is 0 Å². The summed E-state index contributed by atoms with van der Waals surface area (Å²) >= 11 is 6.01. The number of nitrogens with one attached hydrogen (secondary N) is 1. The quantitative estimate of drug-likeness (QED) is 0.408. The van der Waals surface area contributed by atoms with Crippen LogP contribution in [0, 0.1) is 0 Å². The zero-order valence-electron chi connectivity index (χ0n) is 16.9. The van der Waals surface area contributed by atoms with Crippen LogP contribution in [0.4, 0.5) is 5.82 Å². The highest BCUT2D eigenvalue weighted by Crippen LogP contribution is 2.36. The molecule has 0 saturated carbocycles. The number of rotatable bonds is 8. The van der Waals surface area contributed by atoms with E-state index in [2.05, 4.69) is 10.3 Å². The van der Waals surface area contributed by atoms with Gasteiger partial charge in [0, 0.05) is 29.5 Å². The number of aromatic nitrogens is 3. The number of ether oxygens (including phenoxy) is 2.